The Hall–Kier alpha value is -2.47. The topological polar surface area (TPSA) is 80.6 Å². The van der Waals surface area contributed by atoms with Crippen molar-refractivity contribution < 1.29 is 18.7 Å². The van der Waals surface area contributed by atoms with Gasteiger partial charge in [-0.3, -0.25) is 9.59 Å². The molecule has 0 radical (unpaired) electrons. The lowest BCUT2D eigenvalue weighted by molar-refractivity contribution is -0.131. The van der Waals surface area contributed by atoms with Crippen LogP contribution in [-0.4, -0.2) is 24.5 Å². The van der Waals surface area contributed by atoms with Gasteiger partial charge in [-0.25, -0.2) is 0 Å². The van der Waals surface area contributed by atoms with Gasteiger partial charge in [0.25, 0.3) is 5.91 Å². The Balaban J connectivity index is 1.83. The van der Waals surface area contributed by atoms with E-state index < -0.39 is 6.04 Å². The van der Waals surface area contributed by atoms with Gasteiger partial charge < -0.3 is 19.8 Å². The molecule has 1 unspecified atom stereocenters. The number of nitrogens with one attached hydrogen (secondary N) is 2. The quantitative estimate of drug-likeness (QED) is 0.754. The molecule has 0 fully saturated rings. The number of benzene rings is 1. The van der Waals surface area contributed by atoms with Gasteiger partial charge in [0.05, 0.1) is 12.8 Å². The summed E-state index contributed by atoms with van der Waals surface area (Å²) in [4.78, 5) is 24.4. The summed E-state index contributed by atoms with van der Waals surface area (Å²) in [7, 11) is 0. The Morgan fingerprint density at radius 2 is 1.92 bits per heavy atom. The zero-order chi connectivity index (χ0) is 18.2. The molecule has 2 aromatic rings. The minimum Gasteiger partial charge on any atom is -0.484 e. The molecule has 1 atom stereocenters. The van der Waals surface area contributed by atoms with Crippen LogP contribution in [0.5, 0.6) is 5.75 Å². The second-order valence-electron chi connectivity index (χ2n) is 5.83. The highest BCUT2D eigenvalue weighted by Gasteiger charge is 2.24. The highest BCUT2D eigenvalue weighted by Crippen LogP contribution is 2.15. The van der Waals surface area contributed by atoms with Crippen LogP contribution in [-0.2, 0) is 16.1 Å². The molecule has 1 heterocycles. The first-order valence-corrected chi connectivity index (χ1v) is 8.31. The van der Waals surface area contributed by atoms with E-state index in [4.69, 9.17) is 20.8 Å². The maximum Gasteiger partial charge on any atom is 0.258 e. The summed E-state index contributed by atoms with van der Waals surface area (Å²) in [5.74, 6) is 0.459. The van der Waals surface area contributed by atoms with Crippen molar-refractivity contribution in [2.75, 3.05) is 6.61 Å². The molecule has 0 saturated heterocycles. The lowest BCUT2D eigenvalue weighted by Crippen LogP contribution is -2.50. The van der Waals surface area contributed by atoms with Crippen molar-refractivity contribution in [2.24, 2.45) is 5.92 Å². The fourth-order valence-electron chi connectivity index (χ4n) is 2.13. The second kappa shape index (κ2) is 9.13. The van der Waals surface area contributed by atoms with Crippen molar-refractivity contribution >= 4 is 23.4 Å². The summed E-state index contributed by atoms with van der Waals surface area (Å²) in [5, 5.41) is 6.03. The summed E-state index contributed by atoms with van der Waals surface area (Å²) in [6.45, 7) is 3.80. The Morgan fingerprint density at radius 1 is 1.20 bits per heavy atom. The fraction of sp³-hybridized carbons (Fsp3) is 0.333. The van der Waals surface area contributed by atoms with Crippen molar-refractivity contribution in [2.45, 2.75) is 26.4 Å². The smallest absolute Gasteiger partial charge is 0.258 e. The van der Waals surface area contributed by atoms with Gasteiger partial charge in [-0.15, -0.1) is 0 Å². The zero-order valence-corrected chi connectivity index (χ0v) is 14.9. The van der Waals surface area contributed by atoms with Crippen molar-refractivity contribution in [1.29, 1.82) is 0 Å². The third kappa shape index (κ3) is 6.15. The molecule has 0 spiro atoms. The molecule has 1 aromatic heterocycles. The van der Waals surface area contributed by atoms with Crippen LogP contribution in [0.2, 0.25) is 5.02 Å². The number of rotatable bonds is 8. The summed E-state index contributed by atoms with van der Waals surface area (Å²) in [6, 6.07) is 9.55. The molecule has 0 saturated carbocycles. The maximum atomic E-state index is 12.3. The number of hydrogen-bond acceptors (Lipinski definition) is 4. The lowest BCUT2D eigenvalue weighted by Gasteiger charge is -2.21. The molecule has 6 nitrogen and oxygen atoms in total. The Kier molecular flexibility index (Phi) is 6.89. The Morgan fingerprint density at radius 3 is 2.52 bits per heavy atom. The molecule has 0 aliphatic heterocycles. The molecular formula is C18H21ClN2O4. The van der Waals surface area contributed by atoms with E-state index in [9.17, 15) is 9.59 Å². The van der Waals surface area contributed by atoms with Gasteiger partial charge >= 0.3 is 0 Å². The average molecular weight is 365 g/mol. The van der Waals surface area contributed by atoms with Crippen molar-refractivity contribution in [1.82, 2.24) is 10.6 Å². The molecule has 1 aromatic carbocycles. The molecule has 0 aliphatic rings. The Bertz CT molecular complexity index is 684. The molecule has 134 valence electrons. The number of halogens is 1. The van der Waals surface area contributed by atoms with Gasteiger partial charge in [0, 0.05) is 5.02 Å². The van der Waals surface area contributed by atoms with Crippen LogP contribution in [0.15, 0.2) is 47.1 Å². The van der Waals surface area contributed by atoms with Gasteiger partial charge in [0.15, 0.2) is 6.61 Å². The molecule has 25 heavy (non-hydrogen) atoms. The standard InChI is InChI=1S/C18H21ClN2O4/c1-12(2)17(18(23)20-10-15-4-3-9-24-15)21-16(22)11-25-14-7-5-13(19)6-8-14/h3-9,12,17H,10-11H2,1-2H3,(H,20,23)(H,21,22). The summed E-state index contributed by atoms with van der Waals surface area (Å²) in [5.41, 5.74) is 0. The van der Waals surface area contributed by atoms with E-state index in [1.807, 2.05) is 13.8 Å². The maximum absolute atomic E-state index is 12.3. The summed E-state index contributed by atoms with van der Waals surface area (Å²) in [6.07, 6.45) is 1.54. The van der Waals surface area contributed by atoms with Crippen molar-refractivity contribution in [3.05, 3.63) is 53.4 Å². The van der Waals surface area contributed by atoms with E-state index in [0.717, 1.165) is 0 Å². The van der Waals surface area contributed by atoms with E-state index in [1.165, 1.54) is 6.26 Å². The highest BCUT2D eigenvalue weighted by atomic mass is 35.5. The zero-order valence-electron chi connectivity index (χ0n) is 14.1. The van der Waals surface area contributed by atoms with E-state index in [1.54, 1.807) is 36.4 Å². The third-order valence-corrected chi connectivity index (χ3v) is 3.72. The van der Waals surface area contributed by atoms with Gasteiger partial charge in [-0.05, 0) is 42.3 Å². The largest absolute Gasteiger partial charge is 0.484 e. The van der Waals surface area contributed by atoms with Gasteiger partial charge in [-0.1, -0.05) is 25.4 Å². The van der Waals surface area contributed by atoms with Crippen LogP contribution < -0.4 is 15.4 Å². The SMILES string of the molecule is CC(C)C(NC(=O)COc1ccc(Cl)cc1)C(=O)NCc1ccco1. The van der Waals surface area contributed by atoms with Crippen LogP contribution >= 0.6 is 11.6 Å². The molecule has 2 rings (SSSR count). The van der Waals surface area contributed by atoms with Crippen molar-refractivity contribution in [3.8, 4) is 5.75 Å². The predicted molar refractivity (Wildman–Crippen MR) is 94.3 cm³/mol. The first-order chi connectivity index (χ1) is 12.0. The van der Waals surface area contributed by atoms with Gasteiger partial charge in [-0.2, -0.15) is 0 Å². The first-order valence-electron chi connectivity index (χ1n) is 7.93. The highest BCUT2D eigenvalue weighted by molar-refractivity contribution is 6.30. The van der Waals surface area contributed by atoms with Crippen LogP contribution in [0.4, 0.5) is 0 Å². The summed E-state index contributed by atoms with van der Waals surface area (Å²) >= 11 is 5.79. The number of carbonyl (C=O) groups excluding carboxylic acids is 2. The summed E-state index contributed by atoms with van der Waals surface area (Å²) < 4.78 is 10.6. The number of hydrogen-bond donors (Lipinski definition) is 2. The minimum absolute atomic E-state index is 0.0731. The third-order valence-electron chi connectivity index (χ3n) is 3.47. The second-order valence-corrected chi connectivity index (χ2v) is 6.27. The lowest BCUT2D eigenvalue weighted by atomic mass is 10.0. The molecule has 2 N–H and O–H groups in total. The average Bonchev–Trinajstić information content (AvgIpc) is 3.10. The van der Waals surface area contributed by atoms with E-state index in [0.29, 0.717) is 16.5 Å². The van der Waals surface area contributed by atoms with Gasteiger partial charge in [0.1, 0.15) is 17.6 Å². The molecule has 2 amide bonds. The number of carbonyl (C=O) groups is 2. The predicted octanol–water partition coefficient (Wildman–Crippen LogP) is 2.77. The van der Waals surface area contributed by atoms with Crippen LogP contribution in [0.1, 0.15) is 19.6 Å². The van der Waals surface area contributed by atoms with E-state index >= 15 is 0 Å². The number of furan rings is 1. The number of amides is 2. The number of ether oxygens (including phenoxy) is 1. The van der Waals surface area contributed by atoms with Crippen LogP contribution in [0.25, 0.3) is 0 Å². The Labute approximate surface area is 151 Å². The molecular weight excluding hydrogens is 344 g/mol. The van der Waals surface area contributed by atoms with Crippen molar-refractivity contribution in [3.63, 3.8) is 0 Å². The first kappa shape index (κ1) is 18.9. The van der Waals surface area contributed by atoms with Gasteiger partial charge in [0.2, 0.25) is 5.91 Å². The van der Waals surface area contributed by atoms with E-state index in [-0.39, 0.29) is 30.9 Å². The molecule has 0 aliphatic carbocycles. The normalized spacial score (nSPS) is 11.8. The van der Waals surface area contributed by atoms with Crippen LogP contribution in [0, 0.1) is 5.92 Å². The van der Waals surface area contributed by atoms with Crippen LogP contribution in [0.3, 0.4) is 0 Å². The van der Waals surface area contributed by atoms with E-state index in [2.05, 4.69) is 10.6 Å². The minimum atomic E-state index is -0.656. The monoisotopic (exact) mass is 364 g/mol. The molecule has 7 heteroatoms. The molecule has 0 bridgehead atoms. The fourth-order valence-corrected chi connectivity index (χ4v) is 2.25.